The first-order valence-corrected chi connectivity index (χ1v) is 5.46. The zero-order chi connectivity index (χ0) is 12.8. The first-order chi connectivity index (χ1) is 7.85. The van der Waals surface area contributed by atoms with Crippen LogP contribution in [0.1, 0.15) is 25.8 Å². The summed E-state index contributed by atoms with van der Waals surface area (Å²) in [5.74, 6) is -0.339. The maximum absolute atomic E-state index is 11.5. The van der Waals surface area contributed by atoms with Gasteiger partial charge in [0.05, 0.1) is 7.11 Å². The molecule has 1 aromatic rings. The largest absolute Gasteiger partial charge is 0.508 e. The van der Waals surface area contributed by atoms with Crippen LogP contribution in [-0.4, -0.2) is 23.3 Å². The normalized spacial score (nSPS) is 25.4. The Hall–Kier alpha value is -1.71. The lowest BCUT2D eigenvalue weighted by molar-refractivity contribution is -0.141. The molecule has 4 nitrogen and oxygen atoms in total. The topological polar surface area (TPSA) is 66.8 Å². The van der Waals surface area contributed by atoms with Crippen LogP contribution in [0.15, 0.2) is 18.2 Å². The van der Waals surface area contributed by atoms with Crippen LogP contribution in [0.2, 0.25) is 0 Å². The number of aliphatic carboxylic acids is 1. The van der Waals surface area contributed by atoms with E-state index in [9.17, 15) is 15.0 Å². The Kier molecular flexibility index (Phi) is 2.35. The highest BCUT2D eigenvalue weighted by molar-refractivity contribution is 5.88. The molecule has 17 heavy (non-hydrogen) atoms. The van der Waals surface area contributed by atoms with Gasteiger partial charge < -0.3 is 14.9 Å². The highest BCUT2D eigenvalue weighted by atomic mass is 16.5. The quantitative estimate of drug-likeness (QED) is 0.843. The third-order valence-electron chi connectivity index (χ3n) is 3.75. The second-order valence-electron chi connectivity index (χ2n) is 5.16. The van der Waals surface area contributed by atoms with Gasteiger partial charge in [-0.2, -0.15) is 0 Å². The predicted molar refractivity (Wildman–Crippen MR) is 62.4 cm³/mol. The number of methoxy groups -OCH3 is 1. The van der Waals surface area contributed by atoms with Crippen LogP contribution in [0.5, 0.6) is 11.5 Å². The van der Waals surface area contributed by atoms with Gasteiger partial charge in [0.2, 0.25) is 0 Å². The Morgan fingerprint density at radius 1 is 1.41 bits per heavy atom. The first-order valence-electron chi connectivity index (χ1n) is 5.46. The highest BCUT2D eigenvalue weighted by Gasteiger charge is 2.68. The first kappa shape index (κ1) is 11.8. The van der Waals surface area contributed by atoms with Crippen LogP contribution in [0.3, 0.4) is 0 Å². The number of aromatic hydroxyl groups is 1. The van der Waals surface area contributed by atoms with E-state index in [4.69, 9.17) is 4.74 Å². The summed E-state index contributed by atoms with van der Waals surface area (Å²) >= 11 is 0. The van der Waals surface area contributed by atoms with Crippen molar-refractivity contribution in [3.05, 3.63) is 23.8 Å². The minimum atomic E-state index is -0.897. The van der Waals surface area contributed by atoms with E-state index in [1.54, 1.807) is 6.07 Å². The SMILES string of the molecule is COc1cc(O)ccc1C1(C(=O)O)CC1(C)C. The standard InChI is InChI=1S/C13H16O4/c1-12(2)7-13(12,11(15)16)9-5-4-8(14)6-10(9)17-3/h4-6,14H,7H2,1-3H3,(H,15,16). The van der Waals surface area contributed by atoms with E-state index in [2.05, 4.69) is 0 Å². The summed E-state index contributed by atoms with van der Waals surface area (Å²) in [5.41, 5.74) is -0.551. The fourth-order valence-electron chi connectivity index (χ4n) is 2.59. The lowest BCUT2D eigenvalue weighted by Crippen LogP contribution is -2.26. The summed E-state index contributed by atoms with van der Waals surface area (Å²) in [4.78, 5) is 11.5. The van der Waals surface area contributed by atoms with Crippen molar-refractivity contribution >= 4 is 5.97 Å². The summed E-state index contributed by atoms with van der Waals surface area (Å²) in [6.07, 6.45) is 0.580. The molecule has 1 unspecified atom stereocenters. The second kappa shape index (κ2) is 3.39. The van der Waals surface area contributed by atoms with E-state index >= 15 is 0 Å². The molecule has 92 valence electrons. The summed E-state index contributed by atoms with van der Waals surface area (Å²) in [6, 6.07) is 4.59. The van der Waals surface area contributed by atoms with Crippen LogP contribution < -0.4 is 4.74 Å². The van der Waals surface area contributed by atoms with Gasteiger partial charge >= 0.3 is 5.97 Å². The molecule has 1 aromatic carbocycles. The van der Waals surface area contributed by atoms with Crippen molar-refractivity contribution in [1.29, 1.82) is 0 Å². The number of carbonyl (C=O) groups is 1. The molecule has 0 aromatic heterocycles. The molecular formula is C13H16O4. The number of hydrogen-bond acceptors (Lipinski definition) is 3. The van der Waals surface area contributed by atoms with E-state index in [1.807, 2.05) is 13.8 Å². The van der Waals surface area contributed by atoms with Crippen LogP contribution in [0, 0.1) is 5.41 Å². The molecule has 0 saturated heterocycles. The van der Waals surface area contributed by atoms with Gasteiger partial charge in [-0.3, -0.25) is 4.79 Å². The summed E-state index contributed by atoms with van der Waals surface area (Å²) < 4.78 is 5.17. The molecule has 0 amide bonds. The average Bonchev–Trinajstić information content (AvgIpc) is 2.83. The van der Waals surface area contributed by atoms with Crippen molar-refractivity contribution in [2.45, 2.75) is 25.7 Å². The molecule has 0 heterocycles. The minimum Gasteiger partial charge on any atom is -0.508 e. The van der Waals surface area contributed by atoms with E-state index in [1.165, 1.54) is 19.2 Å². The maximum atomic E-state index is 11.5. The molecular weight excluding hydrogens is 220 g/mol. The van der Waals surface area contributed by atoms with Crippen molar-refractivity contribution in [3.63, 3.8) is 0 Å². The van der Waals surface area contributed by atoms with Crippen molar-refractivity contribution in [3.8, 4) is 11.5 Å². The molecule has 0 spiro atoms. The van der Waals surface area contributed by atoms with Gasteiger partial charge in [0.25, 0.3) is 0 Å². The van der Waals surface area contributed by atoms with Gasteiger partial charge in [-0.1, -0.05) is 19.9 Å². The summed E-state index contributed by atoms with van der Waals surface area (Å²) in [5, 5.41) is 18.9. The number of phenolic OH excluding ortho intramolecular Hbond substituents is 1. The number of carboxylic acids is 1. The lowest BCUT2D eigenvalue weighted by Gasteiger charge is -2.19. The van der Waals surface area contributed by atoms with Crippen molar-refractivity contribution in [1.82, 2.24) is 0 Å². The third-order valence-corrected chi connectivity index (χ3v) is 3.75. The lowest BCUT2D eigenvalue weighted by atomic mass is 9.87. The second-order valence-corrected chi connectivity index (χ2v) is 5.16. The Balaban J connectivity index is 2.57. The van der Waals surface area contributed by atoms with Crippen LogP contribution in [0.25, 0.3) is 0 Å². The molecule has 1 aliphatic carbocycles. The number of rotatable bonds is 3. The fourth-order valence-corrected chi connectivity index (χ4v) is 2.59. The number of carboxylic acid groups (broad SMARTS) is 1. The molecule has 0 bridgehead atoms. The van der Waals surface area contributed by atoms with Gasteiger partial charge in [-0.15, -0.1) is 0 Å². The Labute approximate surface area is 99.8 Å². The number of hydrogen-bond donors (Lipinski definition) is 2. The third kappa shape index (κ3) is 1.47. The van der Waals surface area contributed by atoms with Crippen molar-refractivity contribution in [2.24, 2.45) is 5.41 Å². The van der Waals surface area contributed by atoms with E-state index < -0.39 is 11.4 Å². The van der Waals surface area contributed by atoms with Gasteiger partial charge in [0, 0.05) is 11.6 Å². The molecule has 2 rings (SSSR count). The van der Waals surface area contributed by atoms with Crippen LogP contribution >= 0.6 is 0 Å². The monoisotopic (exact) mass is 236 g/mol. The molecule has 4 heteroatoms. The predicted octanol–water partition coefficient (Wildman–Crippen LogP) is 2.15. The zero-order valence-corrected chi connectivity index (χ0v) is 10.2. The van der Waals surface area contributed by atoms with Crippen LogP contribution in [-0.2, 0) is 10.2 Å². The van der Waals surface area contributed by atoms with E-state index in [0.717, 1.165) is 0 Å². The average molecular weight is 236 g/mol. The number of ether oxygens (including phenoxy) is 1. The van der Waals surface area contributed by atoms with Gasteiger partial charge in [0.1, 0.15) is 16.9 Å². The van der Waals surface area contributed by atoms with Gasteiger partial charge in [-0.25, -0.2) is 0 Å². The Morgan fingerprint density at radius 3 is 2.41 bits per heavy atom. The highest BCUT2D eigenvalue weighted by Crippen LogP contribution is 2.66. The zero-order valence-electron chi connectivity index (χ0n) is 10.2. The molecule has 0 aliphatic heterocycles. The Bertz CT molecular complexity index is 478. The maximum Gasteiger partial charge on any atom is 0.314 e. The van der Waals surface area contributed by atoms with Crippen LogP contribution in [0.4, 0.5) is 0 Å². The molecule has 2 N–H and O–H groups in total. The smallest absolute Gasteiger partial charge is 0.314 e. The van der Waals surface area contributed by atoms with E-state index in [0.29, 0.717) is 17.7 Å². The Morgan fingerprint density at radius 2 is 2.00 bits per heavy atom. The molecule has 1 aliphatic rings. The van der Waals surface area contributed by atoms with Gasteiger partial charge in [-0.05, 0) is 17.9 Å². The van der Waals surface area contributed by atoms with Crippen molar-refractivity contribution in [2.75, 3.05) is 7.11 Å². The fraction of sp³-hybridized carbons (Fsp3) is 0.462. The molecule has 0 radical (unpaired) electrons. The molecule has 1 fully saturated rings. The number of phenols is 1. The minimum absolute atomic E-state index is 0.0737. The van der Waals surface area contributed by atoms with E-state index in [-0.39, 0.29) is 11.2 Å². The summed E-state index contributed by atoms with van der Waals surface area (Å²) in [7, 11) is 1.48. The molecule has 1 atom stereocenters. The summed E-state index contributed by atoms with van der Waals surface area (Å²) in [6.45, 7) is 3.85. The van der Waals surface area contributed by atoms with Crippen molar-refractivity contribution < 1.29 is 19.7 Å². The number of benzene rings is 1. The molecule has 1 saturated carbocycles. The van der Waals surface area contributed by atoms with Gasteiger partial charge in [0.15, 0.2) is 0 Å².